The van der Waals surface area contributed by atoms with Crippen molar-refractivity contribution in [2.45, 2.75) is 12.5 Å². The average Bonchev–Trinajstić information content (AvgIpc) is 3.19. The van der Waals surface area contributed by atoms with Crippen LogP contribution in [-0.4, -0.2) is 57.3 Å². The van der Waals surface area contributed by atoms with E-state index in [1.807, 2.05) is 17.0 Å². The van der Waals surface area contributed by atoms with Gasteiger partial charge in [-0.3, -0.25) is 9.89 Å². The standard InChI is InChI=1S/C16H17N5O2/c1-23-9-11-4-5-21(11)16(22)13-8-17-15-12(13)2-3-14(20-15)10-6-18-19-7-10/h2-3,6-8,11H,4-5,9H2,1H3,(H,17,20)(H,18,19). The predicted octanol–water partition coefficient (Wildman–Crippen LogP) is 1.81. The third-order valence-electron chi connectivity index (χ3n) is 4.33. The van der Waals surface area contributed by atoms with Crippen molar-refractivity contribution in [3.05, 3.63) is 36.3 Å². The number of pyridine rings is 1. The number of ether oxygens (including phenoxy) is 1. The molecule has 1 atom stereocenters. The van der Waals surface area contributed by atoms with Gasteiger partial charge in [0.05, 0.1) is 30.1 Å². The molecule has 0 saturated carbocycles. The highest BCUT2D eigenvalue weighted by Crippen LogP contribution is 2.26. The summed E-state index contributed by atoms with van der Waals surface area (Å²) in [4.78, 5) is 22.2. The molecule has 3 aromatic rings. The van der Waals surface area contributed by atoms with Crippen molar-refractivity contribution in [3.8, 4) is 11.3 Å². The number of fused-ring (bicyclic) bond motifs is 1. The van der Waals surface area contributed by atoms with Gasteiger partial charge in [-0.1, -0.05) is 0 Å². The van der Waals surface area contributed by atoms with Crippen LogP contribution in [0.1, 0.15) is 16.8 Å². The van der Waals surface area contributed by atoms with Crippen molar-refractivity contribution in [2.75, 3.05) is 20.3 Å². The second-order valence-corrected chi connectivity index (χ2v) is 5.68. The molecule has 7 nitrogen and oxygen atoms in total. The lowest BCUT2D eigenvalue weighted by Crippen LogP contribution is -2.53. The Morgan fingerprint density at radius 2 is 2.35 bits per heavy atom. The van der Waals surface area contributed by atoms with E-state index in [9.17, 15) is 4.79 Å². The zero-order chi connectivity index (χ0) is 15.8. The molecule has 0 aliphatic carbocycles. The maximum Gasteiger partial charge on any atom is 0.256 e. The number of hydrogen-bond donors (Lipinski definition) is 2. The molecule has 0 radical (unpaired) electrons. The van der Waals surface area contributed by atoms with E-state index in [1.54, 1.807) is 25.7 Å². The highest BCUT2D eigenvalue weighted by Gasteiger charge is 2.33. The van der Waals surface area contributed by atoms with Gasteiger partial charge in [0, 0.05) is 37.0 Å². The molecule has 1 aliphatic rings. The van der Waals surface area contributed by atoms with Gasteiger partial charge in [-0.15, -0.1) is 0 Å². The van der Waals surface area contributed by atoms with Crippen molar-refractivity contribution < 1.29 is 9.53 Å². The summed E-state index contributed by atoms with van der Waals surface area (Å²) in [6.07, 6.45) is 6.24. The van der Waals surface area contributed by atoms with Crippen LogP contribution in [-0.2, 0) is 4.74 Å². The summed E-state index contributed by atoms with van der Waals surface area (Å²) in [5.74, 6) is 0.0300. The van der Waals surface area contributed by atoms with Gasteiger partial charge in [-0.25, -0.2) is 4.98 Å². The van der Waals surface area contributed by atoms with E-state index in [1.165, 1.54) is 0 Å². The minimum absolute atomic E-state index is 0.0300. The Labute approximate surface area is 132 Å². The number of rotatable bonds is 4. The van der Waals surface area contributed by atoms with Crippen LogP contribution in [0.2, 0.25) is 0 Å². The molecule has 1 saturated heterocycles. The van der Waals surface area contributed by atoms with E-state index in [4.69, 9.17) is 4.74 Å². The van der Waals surface area contributed by atoms with Gasteiger partial charge in [0.2, 0.25) is 0 Å². The fraction of sp³-hybridized carbons (Fsp3) is 0.312. The van der Waals surface area contributed by atoms with Crippen LogP contribution in [0.4, 0.5) is 0 Å². The summed E-state index contributed by atoms with van der Waals surface area (Å²) >= 11 is 0. The topological polar surface area (TPSA) is 86.9 Å². The van der Waals surface area contributed by atoms with E-state index in [-0.39, 0.29) is 11.9 Å². The Balaban J connectivity index is 1.65. The number of carbonyl (C=O) groups excluding carboxylic acids is 1. The minimum Gasteiger partial charge on any atom is -0.383 e. The molecular formula is C16H17N5O2. The highest BCUT2D eigenvalue weighted by molar-refractivity contribution is 6.06. The third kappa shape index (κ3) is 2.29. The first-order chi connectivity index (χ1) is 11.3. The lowest BCUT2D eigenvalue weighted by Gasteiger charge is -2.40. The van der Waals surface area contributed by atoms with Crippen molar-refractivity contribution in [1.29, 1.82) is 0 Å². The third-order valence-corrected chi connectivity index (χ3v) is 4.33. The summed E-state index contributed by atoms with van der Waals surface area (Å²) in [5.41, 5.74) is 3.09. The van der Waals surface area contributed by atoms with E-state index in [0.29, 0.717) is 17.8 Å². The lowest BCUT2D eigenvalue weighted by atomic mass is 10.0. The SMILES string of the molecule is COCC1CCN1C(=O)c1c[nH]c2nc(-c3cn[nH]c3)ccc12. The predicted molar refractivity (Wildman–Crippen MR) is 85.0 cm³/mol. The number of carbonyl (C=O) groups is 1. The molecule has 118 valence electrons. The van der Waals surface area contributed by atoms with Gasteiger partial charge in [0.15, 0.2) is 0 Å². The van der Waals surface area contributed by atoms with Gasteiger partial charge >= 0.3 is 0 Å². The average molecular weight is 311 g/mol. The molecule has 3 aromatic heterocycles. The number of nitrogens with zero attached hydrogens (tertiary/aromatic N) is 3. The monoisotopic (exact) mass is 311 g/mol. The van der Waals surface area contributed by atoms with Crippen molar-refractivity contribution in [3.63, 3.8) is 0 Å². The molecule has 1 unspecified atom stereocenters. The summed E-state index contributed by atoms with van der Waals surface area (Å²) in [6.45, 7) is 1.36. The molecule has 0 spiro atoms. The van der Waals surface area contributed by atoms with Crippen molar-refractivity contribution >= 4 is 16.9 Å². The zero-order valence-corrected chi connectivity index (χ0v) is 12.7. The maximum absolute atomic E-state index is 12.7. The highest BCUT2D eigenvalue weighted by atomic mass is 16.5. The molecule has 0 aromatic carbocycles. The number of hydrogen-bond acceptors (Lipinski definition) is 4. The number of amides is 1. The molecule has 7 heteroatoms. The first kappa shape index (κ1) is 14.0. The number of likely N-dealkylation sites (tertiary alicyclic amines) is 1. The summed E-state index contributed by atoms with van der Waals surface area (Å²) in [7, 11) is 1.66. The summed E-state index contributed by atoms with van der Waals surface area (Å²) in [5, 5.41) is 7.54. The number of H-pyrrole nitrogens is 2. The van der Waals surface area contributed by atoms with E-state index < -0.39 is 0 Å². The van der Waals surface area contributed by atoms with Crippen LogP contribution in [0.5, 0.6) is 0 Å². The van der Waals surface area contributed by atoms with Crippen molar-refractivity contribution in [1.82, 2.24) is 25.1 Å². The first-order valence-electron chi connectivity index (χ1n) is 7.55. The van der Waals surface area contributed by atoms with Gasteiger partial charge < -0.3 is 14.6 Å². The van der Waals surface area contributed by atoms with Crippen LogP contribution >= 0.6 is 0 Å². The quantitative estimate of drug-likeness (QED) is 0.769. The number of aromatic amines is 2. The maximum atomic E-state index is 12.7. The molecule has 1 fully saturated rings. The lowest BCUT2D eigenvalue weighted by molar-refractivity contribution is 0.0203. The number of nitrogens with one attached hydrogen (secondary N) is 2. The molecule has 1 aliphatic heterocycles. The molecule has 0 bridgehead atoms. The molecule has 2 N–H and O–H groups in total. The smallest absolute Gasteiger partial charge is 0.256 e. The van der Waals surface area contributed by atoms with E-state index >= 15 is 0 Å². The van der Waals surface area contributed by atoms with Gasteiger partial charge in [-0.2, -0.15) is 5.10 Å². The van der Waals surface area contributed by atoms with Crippen LogP contribution in [0, 0.1) is 0 Å². The molecule has 1 amide bonds. The largest absolute Gasteiger partial charge is 0.383 e. The molecule has 4 heterocycles. The fourth-order valence-electron chi connectivity index (χ4n) is 2.96. The van der Waals surface area contributed by atoms with Crippen LogP contribution in [0.3, 0.4) is 0 Å². The molecule has 23 heavy (non-hydrogen) atoms. The van der Waals surface area contributed by atoms with Gasteiger partial charge in [0.1, 0.15) is 5.65 Å². The first-order valence-corrected chi connectivity index (χ1v) is 7.55. The minimum atomic E-state index is 0.0300. The Morgan fingerprint density at radius 1 is 1.43 bits per heavy atom. The van der Waals surface area contributed by atoms with E-state index in [0.717, 1.165) is 29.6 Å². The van der Waals surface area contributed by atoms with E-state index in [2.05, 4.69) is 20.2 Å². The van der Waals surface area contributed by atoms with Crippen LogP contribution in [0.15, 0.2) is 30.7 Å². The van der Waals surface area contributed by atoms with Crippen LogP contribution < -0.4 is 0 Å². The van der Waals surface area contributed by atoms with Gasteiger partial charge in [0.25, 0.3) is 5.91 Å². The molecule has 4 rings (SSSR count). The Hall–Kier alpha value is -2.67. The Kier molecular flexibility index (Phi) is 3.34. The number of methoxy groups -OCH3 is 1. The normalized spacial score (nSPS) is 17.4. The fourth-order valence-corrected chi connectivity index (χ4v) is 2.96. The number of aromatic nitrogens is 4. The van der Waals surface area contributed by atoms with Gasteiger partial charge in [-0.05, 0) is 18.6 Å². The summed E-state index contributed by atoms with van der Waals surface area (Å²) < 4.78 is 5.17. The molecular weight excluding hydrogens is 294 g/mol. The Morgan fingerprint density at radius 3 is 3.04 bits per heavy atom. The van der Waals surface area contributed by atoms with Crippen molar-refractivity contribution in [2.24, 2.45) is 0 Å². The Bertz CT molecular complexity index is 839. The summed E-state index contributed by atoms with van der Waals surface area (Å²) in [6, 6.07) is 4.01. The second-order valence-electron chi connectivity index (χ2n) is 5.68. The van der Waals surface area contributed by atoms with Crippen LogP contribution in [0.25, 0.3) is 22.3 Å². The second kappa shape index (κ2) is 5.51. The zero-order valence-electron chi connectivity index (χ0n) is 12.7.